The van der Waals surface area contributed by atoms with Crippen molar-refractivity contribution in [1.82, 2.24) is 0 Å². The normalized spacial score (nSPS) is 14.1. The summed E-state index contributed by atoms with van der Waals surface area (Å²) in [6.45, 7) is 3.19. The first kappa shape index (κ1) is 12.0. The zero-order valence-electron chi connectivity index (χ0n) is 7.46. The van der Waals surface area contributed by atoms with Crippen molar-refractivity contribution in [3.8, 4) is 0 Å². The Kier molecular flexibility index (Phi) is 4.87. The molecular formula is C6H12ClO4P. The molecule has 0 atom stereocenters. The Morgan fingerprint density at radius 1 is 1.25 bits per heavy atom. The summed E-state index contributed by atoms with van der Waals surface area (Å²) in [5.74, 6) is 0.323. The molecule has 6 heteroatoms. The van der Waals surface area contributed by atoms with Gasteiger partial charge in [-0.25, -0.2) is 4.57 Å². The van der Waals surface area contributed by atoms with Crippen LogP contribution in [-0.4, -0.2) is 14.2 Å². The van der Waals surface area contributed by atoms with Crippen LogP contribution in [0.1, 0.15) is 13.8 Å². The molecule has 0 aromatic rings. The SMILES string of the molecule is COP(=O)(OC)O/C(C)=C(\C)Cl. The Bertz CT molecular complexity index is 214. The quantitative estimate of drug-likeness (QED) is 0.533. The van der Waals surface area contributed by atoms with Gasteiger partial charge in [-0.2, -0.15) is 0 Å². The van der Waals surface area contributed by atoms with Gasteiger partial charge in [0.05, 0.1) is 5.03 Å². The molecule has 0 heterocycles. The molecule has 0 saturated heterocycles. The summed E-state index contributed by atoms with van der Waals surface area (Å²) in [6.07, 6.45) is 0. The van der Waals surface area contributed by atoms with Crippen molar-refractivity contribution in [2.24, 2.45) is 0 Å². The number of phosphoric acid groups is 1. The number of hydrogen-bond acceptors (Lipinski definition) is 4. The highest BCUT2D eigenvalue weighted by atomic mass is 35.5. The molecule has 0 aliphatic heterocycles. The minimum absolute atomic E-state index is 0.323. The van der Waals surface area contributed by atoms with Gasteiger partial charge >= 0.3 is 7.82 Å². The average molecular weight is 215 g/mol. The Morgan fingerprint density at radius 2 is 1.67 bits per heavy atom. The van der Waals surface area contributed by atoms with Crippen LogP contribution in [-0.2, 0) is 18.1 Å². The third-order valence-corrected chi connectivity index (χ3v) is 2.84. The monoisotopic (exact) mass is 214 g/mol. The minimum Gasteiger partial charge on any atom is -0.408 e. The van der Waals surface area contributed by atoms with Crippen molar-refractivity contribution < 1.29 is 18.1 Å². The highest BCUT2D eigenvalue weighted by molar-refractivity contribution is 7.48. The van der Waals surface area contributed by atoms with E-state index in [-0.39, 0.29) is 0 Å². The topological polar surface area (TPSA) is 44.8 Å². The van der Waals surface area contributed by atoms with Gasteiger partial charge in [0, 0.05) is 14.2 Å². The molecule has 0 rings (SSSR count). The fourth-order valence-electron chi connectivity index (χ4n) is 0.380. The Balaban J connectivity index is 4.43. The van der Waals surface area contributed by atoms with Crippen molar-refractivity contribution in [1.29, 1.82) is 0 Å². The number of allylic oxidation sites excluding steroid dienone is 2. The van der Waals surface area contributed by atoms with E-state index < -0.39 is 7.82 Å². The van der Waals surface area contributed by atoms with Crippen LogP contribution in [0.25, 0.3) is 0 Å². The van der Waals surface area contributed by atoms with Gasteiger partial charge in [-0.05, 0) is 13.8 Å². The molecule has 0 aliphatic rings. The molecule has 0 aromatic carbocycles. The molecule has 0 unspecified atom stereocenters. The van der Waals surface area contributed by atoms with Crippen LogP contribution in [0.4, 0.5) is 0 Å². The second-order valence-corrected chi connectivity index (χ2v) is 4.37. The van der Waals surface area contributed by atoms with Gasteiger partial charge in [0.1, 0.15) is 5.76 Å². The maximum absolute atomic E-state index is 11.3. The van der Waals surface area contributed by atoms with E-state index in [0.717, 1.165) is 0 Å². The molecule has 72 valence electrons. The largest absolute Gasteiger partial charge is 0.529 e. The number of halogens is 1. The molecule has 0 amide bonds. The van der Waals surface area contributed by atoms with Crippen molar-refractivity contribution in [2.75, 3.05) is 14.2 Å². The summed E-state index contributed by atoms with van der Waals surface area (Å²) in [7, 11) is -0.959. The number of hydrogen-bond donors (Lipinski definition) is 0. The molecule has 0 aliphatic carbocycles. The molecule has 0 N–H and O–H groups in total. The predicted octanol–water partition coefficient (Wildman–Crippen LogP) is 2.89. The summed E-state index contributed by atoms with van der Waals surface area (Å²) in [5.41, 5.74) is 0. The minimum atomic E-state index is -3.43. The van der Waals surface area contributed by atoms with E-state index in [9.17, 15) is 4.57 Å². The molecule has 0 fully saturated rings. The third-order valence-electron chi connectivity index (χ3n) is 1.18. The van der Waals surface area contributed by atoms with Crippen LogP contribution in [0.3, 0.4) is 0 Å². The van der Waals surface area contributed by atoms with Gasteiger partial charge in [-0.1, -0.05) is 11.6 Å². The fourth-order valence-corrected chi connectivity index (χ4v) is 1.24. The van der Waals surface area contributed by atoms with Crippen molar-refractivity contribution in [3.63, 3.8) is 0 Å². The van der Waals surface area contributed by atoms with E-state index in [2.05, 4.69) is 9.05 Å². The summed E-state index contributed by atoms with van der Waals surface area (Å²) < 4.78 is 25.2. The molecule has 0 saturated carbocycles. The lowest BCUT2D eigenvalue weighted by Crippen LogP contribution is -1.93. The maximum atomic E-state index is 11.3. The van der Waals surface area contributed by atoms with Crippen molar-refractivity contribution in [3.05, 3.63) is 10.8 Å². The number of phosphoric ester groups is 1. The van der Waals surface area contributed by atoms with Gasteiger partial charge in [-0.15, -0.1) is 0 Å². The lowest BCUT2D eigenvalue weighted by Gasteiger charge is -2.14. The Hall–Kier alpha value is -0.0200. The van der Waals surface area contributed by atoms with E-state index in [1.165, 1.54) is 14.2 Å². The first-order chi connectivity index (χ1) is 5.45. The zero-order valence-corrected chi connectivity index (χ0v) is 9.11. The molecule has 12 heavy (non-hydrogen) atoms. The predicted molar refractivity (Wildman–Crippen MR) is 46.9 cm³/mol. The van der Waals surface area contributed by atoms with E-state index in [0.29, 0.717) is 10.8 Å². The van der Waals surface area contributed by atoms with E-state index >= 15 is 0 Å². The van der Waals surface area contributed by atoms with Crippen LogP contribution in [0.15, 0.2) is 10.8 Å². The van der Waals surface area contributed by atoms with Crippen LogP contribution >= 0.6 is 19.4 Å². The van der Waals surface area contributed by atoms with E-state index in [1.807, 2.05) is 0 Å². The summed E-state index contributed by atoms with van der Waals surface area (Å²) >= 11 is 5.57. The van der Waals surface area contributed by atoms with E-state index in [1.54, 1.807) is 13.8 Å². The molecule has 0 aromatic heterocycles. The second kappa shape index (κ2) is 4.87. The highest BCUT2D eigenvalue weighted by Gasteiger charge is 2.24. The van der Waals surface area contributed by atoms with Gasteiger partial charge in [0.2, 0.25) is 0 Å². The average Bonchev–Trinajstić information content (AvgIpc) is 2.04. The zero-order chi connectivity index (χ0) is 9.78. The van der Waals surface area contributed by atoms with E-state index in [4.69, 9.17) is 16.1 Å². The molecule has 0 radical (unpaired) electrons. The molecule has 0 bridgehead atoms. The maximum Gasteiger partial charge on any atom is 0.529 e. The molecular weight excluding hydrogens is 202 g/mol. The molecule has 0 spiro atoms. The first-order valence-corrected chi connectivity index (χ1v) is 5.03. The lowest BCUT2D eigenvalue weighted by atomic mass is 10.5. The Labute approximate surface area is 77.1 Å². The van der Waals surface area contributed by atoms with Crippen LogP contribution < -0.4 is 0 Å². The summed E-state index contributed by atoms with van der Waals surface area (Å²) in [6, 6.07) is 0. The van der Waals surface area contributed by atoms with Crippen molar-refractivity contribution in [2.45, 2.75) is 13.8 Å². The first-order valence-electron chi connectivity index (χ1n) is 3.19. The fraction of sp³-hybridized carbons (Fsp3) is 0.667. The van der Waals surface area contributed by atoms with Crippen molar-refractivity contribution >= 4 is 19.4 Å². The van der Waals surface area contributed by atoms with Gasteiger partial charge in [0.15, 0.2) is 0 Å². The second-order valence-electron chi connectivity index (χ2n) is 1.99. The van der Waals surface area contributed by atoms with Crippen LogP contribution in [0, 0.1) is 0 Å². The van der Waals surface area contributed by atoms with Crippen LogP contribution in [0.2, 0.25) is 0 Å². The number of rotatable bonds is 4. The Morgan fingerprint density at radius 3 is 1.92 bits per heavy atom. The van der Waals surface area contributed by atoms with Gasteiger partial charge in [-0.3, -0.25) is 9.05 Å². The van der Waals surface area contributed by atoms with Gasteiger partial charge < -0.3 is 4.52 Å². The highest BCUT2D eigenvalue weighted by Crippen LogP contribution is 2.49. The smallest absolute Gasteiger partial charge is 0.408 e. The van der Waals surface area contributed by atoms with Crippen LogP contribution in [0.5, 0.6) is 0 Å². The summed E-state index contributed by atoms with van der Waals surface area (Å²) in [5, 5.41) is 0.407. The molecule has 4 nitrogen and oxygen atoms in total. The lowest BCUT2D eigenvalue weighted by molar-refractivity contribution is 0.183. The summed E-state index contributed by atoms with van der Waals surface area (Å²) in [4.78, 5) is 0. The standard InChI is InChI=1S/C6H12ClO4P/c1-5(7)6(2)11-12(8,9-3)10-4/h1-4H3/b6-5+. The third kappa shape index (κ3) is 3.59. The van der Waals surface area contributed by atoms with Gasteiger partial charge in [0.25, 0.3) is 0 Å².